The van der Waals surface area contributed by atoms with Gasteiger partial charge in [-0.05, 0) is 35.9 Å². The maximum atomic E-state index is 13.0. The van der Waals surface area contributed by atoms with Crippen LogP contribution in [0, 0.1) is 0 Å². The second-order valence-electron chi connectivity index (χ2n) is 6.10. The van der Waals surface area contributed by atoms with Gasteiger partial charge in [-0.25, -0.2) is 0 Å². The Morgan fingerprint density at radius 2 is 2.07 bits per heavy atom. The first kappa shape index (κ1) is 20.0. The van der Waals surface area contributed by atoms with Gasteiger partial charge in [0, 0.05) is 12.4 Å². The number of alkyl halides is 2. The molecule has 2 aromatic carbocycles. The molecule has 0 saturated heterocycles. The Kier molecular flexibility index (Phi) is 5.72. The molecule has 2 heterocycles. The highest BCUT2D eigenvalue weighted by Crippen LogP contribution is 2.36. The Balaban J connectivity index is 1.70. The molecule has 0 fully saturated rings. The van der Waals surface area contributed by atoms with Crippen molar-refractivity contribution in [3.63, 3.8) is 0 Å². The molecule has 2 aromatic heterocycles. The molecule has 0 bridgehead atoms. The number of nitrogens with one attached hydrogen (secondary N) is 1. The number of fused-ring (bicyclic) bond motifs is 1. The third-order valence-corrected chi connectivity index (χ3v) is 5.29. The van der Waals surface area contributed by atoms with Gasteiger partial charge in [-0.1, -0.05) is 17.3 Å². The summed E-state index contributed by atoms with van der Waals surface area (Å²) in [5, 5.41) is 8.10. The van der Waals surface area contributed by atoms with Crippen molar-refractivity contribution in [2.45, 2.75) is 18.1 Å². The van der Waals surface area contributed by atoms with Gasteiger partial charge in [-0.3, -0.25) is 4.68 Å². The molecular formula is C19H16F2N4O4S. The second-order valence-corrected chi connectivity index (χ2v) is 7.28. The van der Waals surface area contributed by atoms with Gasteiger partial charge in [0.15, 0.2) is 11.3 Å². The third-order valence-electron chi connectivity index (χ3n) is 4.18. The number of hydrogen-bond acceptors (Lipinski definition) is 7. The molecule has 4 aromatic rings. The van der Waals surface area contributed by atoms with Crippen LogP contribution in [0.1, 0.15) is 5.56 Å². The predicted octanol–water partition coefficient (Wildman–Crippen LogP) is 3.82. The maximum absolute atomic E-state index is 13.0. The average molecular weight is 434 g/mol. The number of anilines is 1. The molecule has 0 radical (unpaired) electrons. The summed E-state index contributed by atoms with van der Waals surface area (Å²) in [5.41, 5.74) is 0.824. The third kappa shape index (κ3) is 4.16. The second kappa shape index (κ2) is 8.59. The number of methoxy groups -OCH3 is 1. The fourth-order valence-electron chi connectivity index (χ4n) is 2.94. The van der Waals surface area contributed by atoms with Gasteiger partial charge in [0.25, 0.3) is 0 Å². The first-order chi connectivity index (χ1) is 14.5. The van der Waals surface area contributed by atoms with Gasteiger partial charge in [0.05, 0.1) is 13.7 Å². The van der Waals surface area contributed by atoms with Crippen molar-refractivity contribution in [1.82, 2.24) is 14.9 Å². The summed E-state index contributed by atoms with van der Waals surface area (Å²) in [5.74, 6) is 0.266. The van der Waals surface area contributed by atoms with Gasteiger partial charge in [-0.15, -0.1) is 0 Å². The summed E-state index contributed by atoms with van der Waals surface area (Å²) in [6, 6.07) is 11.5. The summed E-state index contributed by atoms with van der Waals surface area (Å²) >= 11 is -1.79. The SMILES string of the molecule is COc1ccccc1[S+]([O-])Nc1noc2cc(Cn3cccn3)cc(OC(F)F)c12. The van der Waals surface area contributed by atoms with E-state index in [1.165, 1.54) is 13.2 Å². The first-order valence-electron chi connectivity index (χ1n) is 8.71. The van der Waals surface area contributed by atoms with Crippen molar-refractivity contribution < 1.29 is 27.3 Å². The standard InChI is InChI=1S/C19H16F2N4O4S/c1-27-13-5-2-3-6-16(13)30(26)24-18-17-14(28-19(20)21)9-12(10-15(17)29-23-18)11-25-8-4-7-22-25/h2-10,19H,11H2,1H3,(H,23,24). The number of para-hydroxylation sites is 1. The fourth-order valence-corrected chi connectivity index (χ4v) is 3.90. The lowest BCUT2D eigenvalue weighted by molar-refractivity contribution is -0.0488. The minimum atomic E-state index is -3.06. The van der Waals surface area contributed by atoms with Crippen LogP contribution in [0.2, 0.25) is 0 Å². The molecule has 0 aliphatic rings. The highest BCUT2D eigenvalue weighted by Gasteiger charge is 2.24. The van der Waals surface area contributed by atoms with E-state index in [4.69, 9.17) is 14.0 Å². The molecule has 11 heteroatoms. The number of ether oxygens (including phenoxy) is 2. The predicted molar refractivity (Wildman–Crippen MR) is 105 cm³/mol. The molecule has 0 aliphatic carbocycles. The lowest BCUT2D eigenvalue weighted by Gasteiger charge is -2.13. The molecule has 0 saturated carbocycles. The monoisotopic (exact) mass is 434 g/mol. The average Bonchev–Trinajstić information content (AvgIpc) is 3.37. The van der Waals surface area contributed by atoms with Gasteiger partial charge >= 0.3 is 6.61 Å². The molecule has 1 unspecified atom stereocenters. The minimum absolute atomic E-state index is 0.00975. The van der Waals surface area contributed by atoms with Crippen LogP contribution < -0.4 is 14.2 Å². The van der Waals surface area contributed by atoms with Gasteiger partial charge in [0.2, 0.25) is 10.7 Å². The molecule has 4 rings (SSSR count). The van der Waals surface area contributed by atoms with Crippen LogP contribution in [-0.2, 0) is 17.9 Å². The van der Waals surface area contributed by atoms with Gasteiger partial charge in [-0.2, -0.15) is 18.6 Å². The zero-order chi connectivity index (χ0) is 21.1. The van der Waals surface area contributed by atoms with E-state index in [0.717, 1.165) is 0 Å². The molecule has 1 N–H and O–H groups in total. The van der Waals surface area contributed by atoms with E-state index in [2.05, 4.69) is 15.0 Å². The minimum Gasteiger partial charge on any atom is -0.588 e. The summed E-state index contributed by atoms with van der Waals surface area (Å²) < 4.78 is 58.3. The number of nitrogens with zero attached hydrogens (tertiary/aromatic N) is 3. The van der Waals surface area contributed by atoms with E-state index in [1.807, 2.05) is 0 Å². The van der Waals surface area contributed by atoms with Crippen LogP contribution in [0.25, 0.3) is 11.0 Å². The Labute approximate surface area is 172 Å². The van der Waals surface area contributed by atoms with Crippen molar-refractivity contribution in [2.75, 3.05) is 11.8 Å². The smallest absolute Gasteiger partial charge is 0.387 e. The quantitative estimate of drug-likeness (QED) is 0.421. The Bertz CT molecular complexity index is 1140. The molecule has 156 valence electrons. The normalized spacial score (nSPS) is 12.3. The van der Waals surface area contributed by atoms with Crippen LogP contribution in [0.4, 0.5) is 14.6 Å². The number of benzene rings is 2. The van der Waals surface area contributed by atoms with Gasteiger partial charge < -0.3 is 18.5 Å². The number of hydrogen-bond donors (Lipinski definition) is 1. The molecule has 0 amide bonds. The zero-order valence-electron chi connectivity index (χ0n) is 15.6. The molecule has 1 atom stereocenters. The van der Waals surface area contributed by atoms with E-state index in [9.17, 15) is 13.3 Å². The van der Waals surface area contributed by atoms with Crippen LogP contribution in [0.3, 0.4) is 0 Å². The van der Waals surface area contributed by atoms with E-state index < -0.39 is 18.0 Å². The first-order valence-corrected chi connectivity index (χ1v) is 9.86. The Hall–Kier alpha value is -3.31. The highest BCUT2D eigenvalue weighted by atomic mass is 32.2. The fraction of sp³-hybridized carbons (Fsp3) is 0.158. The van der Waals surface area contributed by atoms with Gasteiger partial charge in [0.1, 0.15) is 22.5 Å². The van der Waals surface area contributed by atoms with Crippen LogP contribution in [-0.4, -0.2) is 33.2 Å². The summed E-state index contributed by atoms with van der Waals surface area (Å²) in [7, 11) is 1.46. The Morgan fingerprint density at radius 3 is 2.80 bits per heavy atom. The number of rotatable bonds is 8. The maximum Gasteiger partial charge on any atom is 0.387 e. The zero-order valence-corrected chi connectivity index (χ0v) is 16.4. The van der Waals surface area contributed by atoms with E-state index in [1.54, 1.807) is 53.5 Å². The van der Waals surface area contributed by atoms with Crippen LogP contribution >= 0.6 is 0 Å². The number of aromatic nitrogens is 3. The Morgan fingerprint density at radius 1 is 1.23 bits per heavy atom. The van der Waals surface area contributed by atoms with E-state index in [0.29, 0.717) is 22.8 Å². The number of halogens is 2. The van der Waals surface area contributed by atoms with E-state index >= 15 is 0 Å². The summed E-state index contributed by atoms with van der Waals surface area (Å²) in [6.45, 7) is -2.74. The summed E-state index contributed by atoms with van der Waals surface area (Å²) in [4.78, 5) is 0.364. The van der Waals surface area contributed by atoms with Crippen molar-refractivity contribution in [1.29, 1.82) is 0 Å². The highest BCUT2D eigenvalue weighted by molar-refractivity contribution is 7.92. The lowest BCUT2D eigenvalue weighted by Crippen LogP contribution is -2.14. The van der Waals surface area contributed by atoms with Crippen molar-refractivity contribution in [2.24, 2.45) is 0 Å². The largest absolute Gasteiger partial charge is 0.588 e. The topological polar surface area (TPSA) is 97.4 Å². The van der Waals surface area contributed by atoms with Crippen LogP contribution in [0.15, 0.2) is 64.3 Å². The summed E-state index contributed by atoms with van der Waals surface area (Å²) in [6.07, 6.45) is 3.35. The molecular weight excluding hydrogens is 418 g/mol. The van der Waals surface area contributed by atoms with Crippen LogP contribution in [0.5, 0.6) is 11.5 Å². The van der Waals surface area contributed by atoms with Crippen molar-refractivity contribution >= 4 is 28.1 Å². The molecule has 0 spiro atoms. The van der Waals surface area contributed by atoms with Crippen molar-refractivity contribution in [3.05, 3.63) is 60.4 Å². The molecule has 8 nitrogen and oxygen atoms in total. The van der Waals surface area contributed by atoms with Crippen molar-refractivity contribution in [3.8, 4) is 11.5 Å². The van der Waals surface area contributed by atoms with E-state index in [-0.39, 0.29) is 22.5 Å². The molecule has 30 heavy (non-hydrogen) atoms. The molecule has 0 aliphatic heterocycles. The lowest BCUT2D eigenvalue weighted by atomic mass is 10.1.